The van der Waals surface area contributed by atoms with E-state index < -0.39 is 0 Å². The molecule has 0 fully saturated rings. The highest BCUT2D eigenvalue weighted by molar-refractivity contribution is 5.88. The van der Waals surface area contributed by atoms with Crippen LogP contribution in [0.3, 0.4) is 0 Å². The molecule has 0 bridgehead atoms. The van der Waals surface area contributed by atoms with Gasteiger partial charge in [-0.1, -0.05) is 18.2 Å². The van der Waals surface area contributed by atoms with Crippen molar-refractivity contribution in [3.63, 3.8) is 0 Å². The van der Waals surface area contributed by atoms with E-state index in [4.69, 9.17) is 14.9 Å². The molecule has 0 radical (unpaired) electrons. The van der Waals surface area contributed by atoms with Crippen molar-refractivity contribution in [3.8, 4) is 5.75 Å². The van der Waals surface area contributed by atoms with Crippen molar-refractivity contribution in [2.24, 2.45) is 0 Å². The van der Waals surface area contributed by atoms with Crippen molar-refractivity contribution in [2.45, 2.75) is 12.8 Å². The molecule has 1 aliphatic carbocycles. The largest absolute Gasteiger partial charge is 0.496 e. The van der Waals surface area contributed by atoms with Gasteiger partial charge in [-0.05, 0) is 42.7 Å². The predicted octanol–water partition coefficient (Wildman–Crippen LogP) is 3.87. The molecule has 1 aromatic heterocycles. The molecule has 24 heavy (non-hydrogen) atoms. The third-order valence-electron chi connectivity index (χ3n) is 4.42. The predicted molar refractivity (Wildman–Crippen MR) is 96.1 cm³/mol. The Labute approximate surface area is 139 Å². The summed E-state index contributed by atoms with van der Waals surface area (Å²) in [4.78, 5) is 12.7. The fourth-order valence-corrected chi connectivity index (χ4v) is 3.22. The van der Waals surface area contributed by atoms with Gasteiger partial charge in [-0.3, -0.25) is 4.79 Å². The van der Waals surface area contributed by atoms with Gasteiger partial charge < -0.3 is 14.9 Å². The summed E-state index contributed by atoms with van der Waals surface area (Å²) in [5.41, 5.74) is 9.70. The lowest BCUT2D eigenvalue weighted by Gasteiger charge is -2.07. The SMILES string of the molecule is COc1ccccc1C=C1CCc2c1oc1cc(N)ccc1c2=O. The van der Waals surface area contributed by atoms with Crippen molar-refractivity contribution >= 4 is 28.3 Å². The summed E-state index contributed by atoms with van der Waals surface area (Å²) >= 11 is 0. The minimum absolute atomic E-state index is 0.0367. The number of hydrogen-bond donors (Lipinski definition) is 1. The number of nitrogen functional groups attached to an aromatic ring is 1. The first kappa shape index (κ1) is 14.6. The Bertz CT molecular complexity index is 1030. The van der Waals surface area contributed by atoms with E-state index >= 15 is 0 Å². The molecule has 2 N–H and O–H groups in total. The molecule has 1 aliphatic rings. The molecule has 0 unspecified atom stereocenters. The van der Waals surface area contributed by atoms with Crippen molar-refractivity contribution in [2.75, 3.05) is 12.8 Å². The maximum atomic E-state index is 12.7. The van der Waals surface area contributed by atoms with Gasteiger partial charge in [-0.25, -0.2) is 0 Å². The molecule has 0 amide bonds. The van der Waals surface area contributed by atoms with E-state index in [0.29, 0.717) is 28.8 Å². The highest BCUT2D eigenvalue weighted by Crippen LogP contribution is 2.35. The Hall–Kier alpha value is -3.01. The van der Waals surface area contributed by atoms with Crippen LogP contribution in [-0.4, -0.2) is 7.11 Å². The first-order valence-electron chi connectivity index (χ1n) is 7.86. The van der Waals surface area contributed by atoms with Crippen molar-refractivity contribution in [3.05, 3.63) is 69.6 Å². The molecule has 4 rings (SSSR count). The molecule has 0 spiro atoms. The molecule has 4 nitrogen and oxygen atoms in total. The number of nitrogens with two attached hydrogens (primary N) is 1. The van der Waals surface area contributed by atoms with E-state index in [9.17, 15) is 4.79 Å². The summed E-state index contributed by atoms with van der Waals surface area (Å²) in [5, 5.41) is 0.585. The second kappa shape index (κ2) is 5.57. The molecule has 1 heterocycles. The van der Waals surface area contributed by atoms with Crippen LogP contribution in [0.1, 0.15) is 23.3 Å². The molecule has 0 atom stereocenters. The molecular weight excluding hydrogens is 302 g/mol. The average molecular weight is 319 g/mol. The maximum absolute atomic E-state index is 12.7. The van der Waals surface area contributed by atoms with E-state index in [-0.39, 0.29) is 5.43 Å². The van der Waals surface area contributed by atoms with E-state index in [1.165, 1.54) is 0 Å². The Kier molecular flexibility index (Phi) is 3.38. The number of methoxy groups -OCH3 is 1. The highest BCUT2D eigenvalue weighted by atomic mass is 16.5. The lowest BCUT2D eigenvalue weighted by Crippen LogP contribution is -2.08. The van der Waals surface area contributed by atoms with Gasteiger partial charge in [-0.15, -0.1) is 0 Å². The van der Waals surface area contributed by atoms with E-state index in [1.54, 1.807) is 25.3 Å². The average Bonchev–Trinajstić information content (AvgIpc) is 2.98. The van der Waals surface area contributed by atoms with Crippen LogP contribution in [0.15, 0.2) is 51.7 Å². The van der Waals surface area contributed by atoms with Crippen LogP contribution >= 0.6 is 0 Å². The van der Waals surface area contributed by atoms with Crippen LogP contribution in [0.25, 0.3) is 22.6 Å². The molecule has 3 aromatic rings. The third-order valence-corrected chi connectivity index (χ3v) is 4.42. The van der Waals surface area contributed by atoms with Gasteiger partial charge in [0.15, 0.2) is 5.43 Å². The maximum Gasteiger partial charge on any atom is 0.196 e. The van der Waals surface area contributed by atoms with Gasteiger partial charge in [-0.2, -0.15) is 0 Å². The fourth-order valence-electron chi connectivity index (χ4n) is 3.22. The summed E-state index contributed by atoms with van der Waals surface area (Å²) in [6.45, 7) is 0. The summed E-state index contributed by atoms with van der Waals surface area (Å²) in [7, 11) is 1.65. The highest BCUT2D eigenvalue weighted by Gasteiger charge is 2.24. The van der Waals surface area contributed by atoms with Crippen LogP contribution in [0.2, 0.25) is 0 Å². The topological polar surface area (TPSA) is 65.5 Å². The number of allylic oxidation sites excluding steroid dienone is 1. The molecular formula is C20H17NO3. The molecule has 4 heteroatoms. The van der Waals surface area contributed by atoms with Crippen LogP contribution in [-0.2, 0) is 6.42 Å². The zero-order chi connectivity index (χ0) is 16.7. The molecule has 0 saturated carbocycles. The molecule has 0 saturated heterocycles. The van der Waals surface area contributed by atoms with Crippen LogP contribution < -0.4 is 15.9 Å². The number of para-hydroxylation sites is 1. The van der Waals surface area contributed by atoms with E-state index in [0.717, 1.165) is 28.9 Å². The monoisotopic (exact) mass is 319 g/mol. The molecule has 120 valence electrons. The van der Waals surface area contributed by atoms with Gasteiger partial charge in [0, 0.05) is 22.9 Å². The van der Waals surface area contributed by atoms with Gasteiger partial charge in [0.25, 0.3) is 0 Å². The number of fused-ring (bicyclic) bond motifs is 2. The van der Waals surface area contributed by atoms with Gasteiger partial charge in [0.1, 0.15) is 17.1 Å². The Morgan fingerprint density at radius 2 is 2.00 bits per heavy atom. The Morgan fingerprint density at radius 1 is 1.17 bits per heavy atom. The number of ether oxygens (including phenoxy) is 1. The standard InChI is InChI=1S/C20H17NO3/c1-23-17-5-3-2-4-12(17)10-13-6-8-16-19(22)15-9-7-14(21)11-18(15)24-20(13)16/h2-5,7,9-11H,6,8,21H2,1H3. The fraction of sp³-hybridized carbons (Fsp3) is 0.150. The van der Waals surface area contributed by atoms with Gasteiger partial charge >= 0.3 is 0 Å². The zero-order valence-electron chi connectivity index (χ0n) is 13.3. The van der Waals surface area contributed by atoms with Crippen molar-refractivity contribution in [1.82, 2.24) is 0 Å². The van der Waals surface area contributed by atoms with Crippen molar-refractivity contribution in [1.29, 1.82) is 0 Å². The number of rotatable bonds is 2. The molecule has 0 aliphatic heterocycles. The number of benzene rings is 2. The lowest BCUT2D eigenvalue weighted by molar-refractivity contribution is 0.414. The normalized spacial score (nSPS) is 15.0. The third kappa shape index (κ3) is 2.27. The zero-order valence-corrected chi connectivity index (χ0v) is 13.3. The van der Waals surface area contributed by atoms with Gasteiger partial charge in [0.2, 0.25) is 0 Å². The number of hydrogen-bond acceptors (Lipinski definition) is 4. The second-order valence-corrected chi connectivity index (χ2v) is 5.91. The van der Waals surface area contributed by atoms with Crippen LogP contribution in [0.5, 0.6) is 5.75 Å². The summed E-state index contributed by atoms with van der Waals surface area (Å²) < 4.78 is 11.4. The van der Waals surface area contributed by atoms with Crippen LogP contribution in [0, 0.1) is 0 Å². The Morgan fingerprint density at radius 3 is 2.83 bits per heavy atom. The quantitative estimate of drug-likeness (QED) is 0.728. The lowest BCUT2D eigenvalue weighted by atomic mass is 10.1. The summed E-state index contributed by atoms with van der Waals surface area (Å²) in [6, 6.07) is 13.0. The Balaban J connectivity index is 1.91. The van der Waals surface area contributed by atoms with Crippen LogP contribution in [0.4, 0.5) is 5.69 Å². The second-order valence-electron chi connectivity index (χ2n) is 5.91. The molecule has 2 aromatic carbocycles. The summed E-state index contributed by atoms with van der Waals surface area (Å²) in [5.74, 6) is 1.47. The number of anilines is 1. The minimum atomic E-state index is 0.0367. The minimum Gasteiger partial charge on any atom is -0.496 e. The van der Waals surface area contributed by atoms with Gasteiger partial charge in [0.05, 0.1) is 12.5 Å². The smallest absolute Gasteiger partial charge is 0.196 e. The van der Waals surface area contributed by atoms with E-state index in [2.05, 4.69) is 0 Å². The first-order valence-corrected chi connectivity index (χ1v) is 7.86. The first-order chi connectivity index (χ1) is 11.7. The summed E-state index contributed by atoms with van der Waals surface area (Å²) in [6.07, 6.45) is 3.50. The van der Waals surface area contributed by atoms with Crippen molar-refractivity contribution < 1.29 is 9.15 Å². The van der Waals surface area contributed by atoms with E-state index in [1.807, 2.05) is 30.3 Å².